The second-order valence-electron chi connectivity index (χ2n) is 3.55. The molecule has 0 saturated carbocycles. The molecule has 0 atom stereocenters. The van der Waals surface area contributed by atoms with Gasteiger partial charge in [-0.25, -0.2) is 0 Å². The average molecular weight is 250 g/mol. The molecule has 1 aromatic heterocycles. The quantitative estimate of drug-likeness (QED) is 0.829. The van der Waals surface area contributed by atoms with Gasteiger partial charge in [0, 0.05) is 18.3 Å². The fourth-order valence-electron chi connectivity index (χ4n) is 1.91. The van der Waals surface area contributed by atoms with Gasteiger partial charge in [0.15, 0.2) is 0 Å². The van der Waals surface area contributed by atoms with Crippen molar-refractivity contribution >= 4 is 24.8 Å². The lowest BCUT2D eigenvalue weighted by Gasteiger charge is -2.22. The van der Waals surface area contributed by atoms with Crippen molar-refractivity contribution in [2.45, 2.75) is 25.7 Å². The minimum Gasteiger partial charge on any atom is -0.317 e. The molecule has 0 aliphatic carbocycles. The van der Waals surface area contributed by atoms with Gasteiger partial charge in [-0.15, -0.1) is 24.8 Å². The molecule has 1 aliphatic rings. The van der Waals surface area contributed by atoms with Gasteiger partial charge in [-0.1, -0.05) is 0 Å². The number of hydrogen-bond acceptors (Lipinski definition) is 3. The molecular weight excluding hydrogens is 233 g/mol. The van der Waals surface area contributed by atoms with Crippen molar-refractivity contribution in [1.29, 1.82) is 0 Å². The Hall–Kier alpha value is -0.380. The van der Waals surface area contributed by atoms with Gasteiger partial charge in [0.05, 0.1) is 11.4 Å². The summed E-state index contributed by atoms with van der Waals surface area (Å²) in [5.74, 6) is 0.620. The third kappa shape index (κ3) is 3.59. The second-order valence-corrected chi connectivity index (χ2v) is 3.55. The molecule has 5 heteroatoms. The number of aryl methyl sites for hydroxylation is 1. The largest absolute Gasteiger partial charge is 0.317 e. The number of piperidine rings is 1. The van der Waals surface area contributed by atoms with E-state index in [1.165, 1.54) is 18.5 Å². The number of nitrogens with one attached hydrogen (secondary N) is 1. The number of hydrogen-bond donors (Lipinski definition) is 1. The summed E-state index contributed by atoms with van der Waals surface area (Å²) in [5, 5.41) is 3.36. The summed E-state index contributed by atoms with van der Waals surface area (Å²) >= 11 is 0. The van der Waals surface area contributed by atoms with Crippen LogP contribution in [0.15, 0.2) is 12.4 Å². The zero-order valence-electron chi connectivity index (χ0n) is 8.77. The smallest absolute Gasteiger partial charge is 0.0647 e. The van der Waals surface area contributed by atoms with E-state index in [0.29, 0.717) is 5.92 Å². The molecule has 0 unspecified atom stereocenters. The molecule has 3 nitrogen and oxygen atoms in total. The third-order valence-corrected chi connectivity index (χ3v) is 2.65. The average Bonchev–Trinajstić information content (AvgIpc) is 2.20. The van der Waals surface area contributed by atoms with Crippen LogP contribution in [0, 0.1) is 6.92 Å². The van der Waals surface area contributed by atoms with Gasteiger partial charge in [0.2, 0.25) is 0 Å². The molecule has 2 rings (SSSR count). The number of rotatable bonds is 1. The molecule has 0 aromatic carbocycles. The highest BCUT2D eigenvalue weighted by molar-refractivity contribution is 5.85. The van der Waals surface area contributed by atoms with E-state index in [-0.39, 0.29) is 24.8 Å². The molecule has 86 valence electrons. The molecule has 1 aromatic rings. The normalized spacial score (nSPS) is 16.3. The lowest BCUT2D eigenvalue weighted by molar-refractivity contribution is 0.450. The standard InChI is InChI=1S/C10H15N3.2ClH/c1-8-10(13-7-6-12-8)9-2-4-11-5-3-9;;/h6-7,9,11H,2-5H2,1H3;2*1H. The highest BCUT2D eigenvalue weighted by atomic mass is 35.5. The van der Waals surface area contributed by atoms with E-state index in [4.69, 9.17) is 0 Å². The van der Waals surface area contributed by atoms with E-state index in [1.54, 1.807) is 12.4 Å². The zero-order valence-corrected chi connectivity index (χ0v) is 10.4. The van der Waals surface area contributed by atoms with Gasteiger partial charge < -0.3 is 5.32 Å². The van der Waals surface area contributed by atoms with E-state index >= 15 is 0 Å². The molecule has 1 aliphatic heterocycles. The van der Waals surface area contributed by atoms with Gasteiger partial charge in [0.1, 0.15) is 0 Å². The van der Waals surface area contributed by atoms with Crippen molar-refractivity contribution in [3.8, 4) is 0 Å². The second kappa shape index (κ2) is 6.99. The summed E-state index contributed by atoms with van der Waals surface area (Å²) in [6, 6.07) is 0. The SMILES string of the molecule is Cc1nccnc1C1CCNCC1.Cl.Cl. The summed E-state index contributed by atoms with van der Waals surface area (Å²) in [7, 11) is 0. The Kier molecular flexibility index (Phi) is 6.81. The van der Waals surface area contributed by atoms with Crippen LogP contribution in [0.1, 0.15) is 30.1 Å². The molecule has 2 heterocycles. The van der Waals surface area contributed by atoms with Crippen LogP contribution < -0.4 is 5.32 Å². The Bertz CT molecular complexity index is 288. The van der Waals surface area contributed by atoms with Gasteiger partial charge in [-0.2, -0.15) is 0 Å². The van der Waals surface area contributed by atoms with Crippen LogP contribution in [0.2, 0.25) is 0 Å². The van der Waals surface area contributed by atoms with E-state index in [9.17, 15) is 0 Å². The summed E-state index contributed by atoms with van der Waals surface area (Å²) in [5.41, 5.74) is 2.29. The maximum Gasteiger partial charge on any atom is 0.0647 e. The number of aromatic nitrogens is 2. The Morgan fingerprint density at radius 2 is 1.73 bits per heavy atom. The molecule has 0 bridgehead atoms. The van der Waals surface area contributed by atoms with Gasteiger partial charge in [-0.3, -0.25) is 9.97 Å². The Morgan fingerprint density at radius 1 is 1.13 bits per heavy atom. The third-order valence-electron chi connectivity index (χ3n) is 2.65. The highest BCUT2D eigenvalue weighted by Crippen LogP contribution is 2.24. The fourth-order valence-corrected chi connectivity index (χ4v) is 1.91. The van der Waals surface area contributed by atoms with Gasteiger partial charge in [0.25, 0.3) is 0 Å². The van der Waals surface area contributed by atoms with Crippen LogP contribution in [0.5, 0.6) is 0 Å². The first-order valence-electron chi connectivity index (χ1n) is 4.86. The molecule has 0 amide bonds. The fraction of sp³-hybridized carbons (Fsp3) is 0.600. The first-order chi connectivity index (χ1) is 6.38. The van der Waals surface area contributed by atoms with Crippen LogP contribution >= 0.6 is 24.8 Å². The van der Waals surface area contributed by atoms with Crippen molar-refractivity contribution in [3.63, 3.8) is 0 Å². The number of halogens is 2. The minimum absolute atomic E-state index is 0. The summed E-state index contributed by atoms with van der Waals surface area (Å²) in [4.78, 5) is 8.68. The summed E-state index contributed by atoms with van der Waals surface area (Å²) in [6.07, 6.45) is 5.95. The predicted octanol–water partition coefficient (Wildman–Crippen LogP) is 2.10. The summed E-state index contributed by atoms with van der Waals surface area (Å²) in [6.45, 7) is 4.27. The van der Waals surface area contributed by atoms with Crippen molar-refractivity contribution in [1.82, 2.24) is 15.3 Å². The maximum absolute atomic E-state index is 4.41. The first-order valence-corrected chi connectivity index (χ1v) is 4.86. The van der Waals surface area contributed by atoms with Crippen molar-refractivity contribution in [2.75, 3.05) is 13.1 Å². The van der Waals surface area contributed by atoms with Crippen LogP contribution in [-0.2, 0) is 0 Å². The topological polar surface area (TPSA) is 37.8 Å². The first kappa shape index (κ1) is 14.6. The minimum atomic E-state index is 0. The highest BCUT2D eigenvalue weighted by Gasteiger charge is 2.18. The van der Waals surface area contributed by atoms with Crippen molar-refractivity contribution in [3.05, 3.63) is 23.8 Å². The molecule has 15 heavy (non-hydrogen) atoms. The molecule has 0 spiro atoms. The van der Waals surface area contributed by atoms with Gasteiger partial charge >= 0.3 is 0 Å². The maximum atomic E-state index is 4.41. The molecule has 1 saturated heterocycles. The van der Waals surface area contributed by atoms with E-state index < -0.39 is 0 Å². The lowest BCUT2D eigenvalue weighted by atomic mass is 9.93. The lowest BCUT2D eigenvalue weighted by Crippen LogP contribution is -2.27. The molecule has 1 fully saturated rings. The van der Waals surface area contributed by atoms with E-state index in [1.807, 2.05) is 6.92 Å². The summed E-state index contributed by atoms with van der Waals surface area (Å²) < 4.78 is 0. The van der Waals surface area contributed by atoms with Crippen LogP contribution in [0.3, 0.4) is 0 Å². The monoisotopic (exact) mass is 249 g/mol. The Balaban J connectivity index is 0.000000980. The zero-order chi connectivity index (χ0) is 9.10. The molecule has 0 radical (unpaired) electrons. The van der Waals surface area contributed by atoms with Crippen LogP contribution in [0.4, 0.5) is 0 Å². The van der Waals surface area contributed by atoms with Crippen molar-refractivity contribution < 1.29 is 0 Å². The van der Waals surface area contributed by atoms with E-state index in [0.717, 1.165) is 18.8 Å². The van der Waals surface area contributed by atoms with E-state index in [2.05, 4.69) is 15.3 Å². The molecule has 1 N–H and O–H groups in total. The van der Waals surface area contributed by atoms with Crippen molar-refractivity contribution in [2.24, 2.45) is 0 Å². The predicted molar refractivity (Wildman–Crippen MR) is 66.1 cm³/mol. The number of nitrogens with zero attached hydrogens (tertiary/aromatic N) is 2. The Labute approximate surface area is 103 Å². The van der Waals surface area contributed by atoms with Crippen LogP contribution in [0.25, 0.3) is 0 Å². The Morgan fingerprint density at radius 3 is 2.33 bits per heavy atom. The van der Waals surface area contributed by atoms with Gasteiger partial charge in [-0.05, 0) is 32.9 Å². The van der Waals surface area contributed by atoms with Crippen LogP contribution in [-0.4, -0.2) is 23.1 Å². The molecular formula is C10H17Cl2N3.